The van der Waals surface area contributed by atoms with Crippen LogP contribution in [0.1, 0.15) is 11.1 Å². The van der Waals surface area contributed by atoms with Crippen LogP contribution < -0.4 is 4.90 Å². The first-order valence-electron chi connectivity index (χ1n) is 6.46. The molecule has 0 bridgehead atoms. The van der Waals surface area contributed by atoms with Crippen LogP contribution in [0.4, 0.5) is 5.82 Å². The molecule has 0 radical (unpaired) electrons. The minimum atomic E-state index is -0.277. The number of hydrogen-bond acceptors (Lipinski definition) is 3. The van der Waals surface area contributed by atoms with Gasteiger partial charge >= 0.3 is 0 Å². The highest BCUT2D eigenvalue weighted by Crippen LogP contribution is 2.31. The Kier molecular flexibility index (Phi) is 3.88. The summed E-state index contributed by atoms with van der Waals surface area (Å²) in [4.78, 5) is 13.4. The number of carbonyl (C=O) groups excluding carboxylic acids is 1. The number of carbonyl (C=O) groups is 1. The molecule has 0 saturated carbocycles. The minimum Gasteiger partial charge on any atom is -0.291 e. The van der Waals surface area contributed by atoms with Crippen molar-refractivity contribution in [1.82, 2.24) is 9.78 Å². The van der Waals surface area contributed by atoms with Gasteiger partial charge in [-0.3, -0.25) is 9.69 Å². The molecule has 3 rings (SSSR count). The van der Waals surface area contributed by atoms with Crippen molar-refractivity contribution in [3.05, 3.63) is 52.7 Å². The van der Waals surface area contributed by atoms with Gasteiger partial charge in [-0.25, -0.2) is 4.68 Å². The molecule has 0 unspecified atom stereocenters. The molecule has 110 valence electrons. The zero-order valence-corrected chi connectivity index (χ0v) is 12.8. The Bertz CT molecular complexity index is 819. The number of hydrogen-bond donors (Lipinski definition) is 0. The predicted octanol–water partition coefficient (Wildman–Crippen LogP) is 2.88. The van der Waals surface area contributed by atoms with E-state index in [1.165, 1.54) is 11.1 Å². The van der Waals surface area contributed by atoms with Crippen LogP contribution in [0.5, 0.6) is 0 Å². The lowest BCUT2D eigenvalue weighted by atomic mass is 10.1. The number of fused-ring (bicyclic) bond motifs is 1. The number of nitriles is 1. The van der Waals surface area contributed by atoms with Crippen LogP contribution >= 0.6 is 23.2 Å². The summed E-state index contributed by atoms with van der Waals surface area (Å²) in [5.41, 5.74) is 1.96. The van der Waals surface area contributed by atoms with Gasteiger partial charge in [-0.05, 0) is 18.2 Å². The summed E-state index contributed by atoms with van der Waals surface area (Å²) >= 11 is 11.7. The van der Waals surface area contributed by atoms with Gasteiger partial charge in [0.1, 0.15) is 17.5 Å². The lowest BCUT2D eigenvalue weighted by Gasteiger charge is -2.27. The molecule has 1 aromatic carbocycles. The summed E-state index contributed by atoms with van der Waals surface area (Å²) < 4.78 is 1.57. The number of nitrogens with zero attached hydrogens (tertiary/aromatic N) is 4. The number of anilines is 1. The molecule has 7 heteroatoms. The fourth-order valence-corrected chi connectivity index (χ4v) is 2.72. The minimum absolute atomic E-state index is 0.156. The van der Waals surface area contributed by atoms with E-state index in [2.05, 4.69) is 11.2 Å². The zero-order valence-electron chi connectivity index (χ0n) is 11.3. The molecule has 0 aliphatic carbocycles. The van der Waals surface area contributed by atoms with E-state index in [0.717, 1.165) is 11.3 Å². The van der Waals surface area contributed by atoms with E-state index >= 15 is 0 Å². The molecule has 0 saturated heterocycles. The van der Waals surface area contributed by atoms with Gasteiger partial charge < -0.3 is 0 Å². The fraction of sp³-hybridized carbons (Fsp3) is 0.133. The largest absolute Gasteiger partial charge is 0.291 e. The lowest BCUT2D eigenvalue weighted by molar-refractivity contribution is -0.116. The maximum Gasteiger partial charge on any atom is 0.243 e. The fourth-order valence-electron chi connectivity index (χ4n) is 2.39. The maximum atomic E-state index is 12.0. The Morgan fingerprint density at radius 2 is 2.27 bits per heavy atom. The number of halogens is 2. The molecule has 0 N–H and O–H groups in total. The molecule has 1 aromatic heterocycles. The van der Waals surface area contributed by atoms with Crippen molar-refractivity contribution in [3.63, 3.8) is 0 Å². The van der Waals surface area contributed by atoms with Crippen LogP contribution in [0.25, 0.3) is 5.70 Å². The predicted molar refractivity (Wildman–Crippen MR) is 84.8 cm³/mol. The third-order valence-corrected chi connectivity index (χ3v) is 3.81. The van der Waals surface area contributed by atoms with E-state index in [1.807, 2.05) is 24.3 Å². The third-order valence-electron chi connectivity index (χ3n) is 3.35. The molecular weight excluding hydrogens is 323 g/mol. The molecule has 2 heterocycles. The van der Waals surface area contributed by atoms with E-state index in [0.29, 0.717) is 22.9 Å². The summed E-state index contributed by atoms with van der Waals surface area (Å²) in [5.74, 6) is 0.00284. The van der Waals surface area contributed by atoms with Gasteiger partial charge in [0.05, 0.1) is 11.9 Å². The summed E-state index contributed by atoms with van der Waals surface area (Å²) in [5, 5.41) is 14.1. The molecule has 2 aromatic rings. The first-order chi connectivity index (χ1) is 10.7. The Morgan fingerprint density at radius 3 is 2.95 bits per heavy atom. The first-order valence-corrected chi connectivity index (χ1v) is 7.38. The molecule has 0 spiro atoms. The summed E-state index contributed by atoms with van der Waals surface area (Å²) in [7, 11) is 0. The van der Waals surface area contributed by atoms with Crippen LogP contribution in [0.3, 0.4) is 0 Å². The van der Waals surface area contributed by atoms with Gasteiger partial charge in [-0.1, -0.05) is 23.7 Å². The molecule has 5 nitrogen and oxygen atoms in total. The van der Waals surface area contributed by atoms with Crippen molar-refractivity contribution in [3.8, 4) is 6.07 Å². The number of rotatable bonds is 2. The third kappa shape index (κ3) is 2.37. The molecule has 1 amide bonds. The highest BCUT2D eigenvalue weighted by molar-refractivity contribution is 6.30. The monoisotopic (exact) mass is 332 g/mol. The number of benzene rings is 1. The highest BCUT2D eigenvalue weighted by Gasteiger charge is 2.28. The second kappa shape index (κ2) is 5.84. The van der Waals surface area contributed by atoms with Crippen molar-refractivity contribution in [1.29, 1.82) is 5.26 Å². The van der Waals surface area contributed by atoms with Crippen LogP contribution in [0, 0.1) is 11.3 Å². The number of amides is 1. The second-order valence-corrected chi connectivity index (χ2v) is 5.35. The van der Waals surface area contributed by atoms with E-state index in [1.54, 1.807) is 10.7 Å². The molecule has 1 aliphatic heterocycles. The smallest absolute Gasteiger partial charge is 0.243 e. The standard InChI is InChI=1S/C15H10Cl2N4O/c16-7-14(22)20-5-4-13(10-2-1-3-12(17)6-10)21-15(20)11(8-18)9-19-21/h1-4,6,9H,5,7H2. The average molecular weight is 333 g/mol. The highest BCUT2D eigenvalue weighted by atomic mass is 35.5. The Hall–Kier alpha value is -2.29. The van der Waals surface area contributed by atoms with Crippen molar-refractivity contribution in [2.45, 2.75) is 0 Å². The zero-order chi connectivity index (χ0) is 15.7. The Balaban J connectivity index is 2.14. The van der Waals surface area contributed by atoms with Crippen molar-refractivity contribution >= 4 is 40.6 Å². The van der Waals surface area contributed by atoms with Crippen molar-refractivity contribution in [2.75, 3.05) is 17.3 Å². The molecule has 1 aliphatic rings. The van der Waals surface area contributed by atoms with Crippen molar-refractivity contribution in [2.24, 2.45) is 0 Å². The van der Waals surface area contributed by atoms with Gasteiger partial charge in [0, 0.05) is 17.1 Å². The normalized spacial score (nSPS) is 13.3. The van der Waals surface area contributed by atoms with Crippen LogP contribution in [0.2, 0.25) is 5.02 Å². The van der Waals surface area contributed by atoms with Crippen LogP contribution in [-0.4, -0.2) is 28.1 Å². The van der Waals surface area contributed by atoms with Crippen LogP contribution in [-0.2, 0) is 4.79 Å². The first kappa shape index (κ1) is 14.6. The summed E-state index contributed by atoms with van der Waals surface area (Å²) in [6.45, 7) is 0.327. The summed E-state index contributed by atoms with van der Waals surface area (Å²) in [6, 6.07) is 9.38. The van der Waals surface area contributed by atoms with Gasteiger partial charge in [0.15, 0.2) is 5.82 Å². The molecule has 22 heavy (non-hydrogen) atoms. The molecule has 0 fully saturated rings. The SMILES string of the molecule is N#Cc1cnn2c1N(C(=O)CCl)CC=C2c1cccc(Cl)c1. The van der Waals surface area contributed by atoms with Crippen LogP contribution in [0.15, 0.2) is 36.5 Å². The van der Waals surface area contributed by atoms with E-state index in [9.17, 15) is 10.1 Å². The van der Waals surface area contributed by atoms with Gasteiger partial charge in [-0.15, -0.1) is 11.6 Å². The Labute approximate surface area is 137 Å². The van der Waals surface area contributed by atoms with E-state index < -0.39 is 0 Å². The van der Waals surface area contributed by atoms with Crippen molar-refractivity contribution < 1.29 is 4.79 Å². The number of aromatic nitrogens is 2. The van der Waals surface area contributed by atoms with Gasteiger partial charge in [0.2, 0.25) is 5.91 Å². The average Bonchev–Trinajstić information content (AvgIpc) is 2.97. The second-order valence-electron chi connectivity index (χ2n) is 4.64. The van der Waals surface area contributed by atoms with E-state index in [4.69, 9.17) is 23.2 Å². The molecular formula is C15H10Cl2N4O. The molecule has 0 atom stereocenters. The van der Waals surface area contributed by atoms with E-state index in [-0.39, 0.29) is 11.8 Å². The Morgan fingerprint density at radius 1 is 1.45 bits per heavy atom. The lowest BCUT2D eigenvalue weighted by Crippen LogP contribution is -2.37. The number of alkyl halides is 1. The topological polar surface area (TPSA) is 61.9 Å². The van der Waals surface area contributed by atoms with Gasteiger partial charge in [0.25, 0.3) is 0 Å². The maximum absolute atomic E-state index is 12.0. The summed E-state index contributed by atoms with van der Waals surface area (Å²) in [6.07, 6.45) is 3.30. The quantitative estimate of drug-likeness (QED) is 0.794. The van der Waals surface area contributed by atoms with Gasteiger partial charge in [-0.2, -0.15) is 10.4 Å².